The zero-order valence-corrected chi connectivity index (χ0v) is 8.02. The molecular weight excluding hydrogens is 130 g/mol. The molecule has 0 aliphatic carbocycles. The molecule has 0 aromatic heterocycles. The van der Waals surface area contributed by atoms with E-state index in [-0.39, 0.29) is 9.76 Å². The molecule has 0 saturated carbocycles. The maximum atomic E-state index is 5.07. The van der Waals surface area contributed by atoms with Gasteiger partial charge in [-0.2, -0.15) is 0 Å². The van der Waals surface area contributed by atoms with Crippen molar-refractivity contribution in [2.24, 2.45) is 5.92 Å². The summed E-state index contributed by atoms with van der Waals surface area (Å²) in [5.41, 5.74) is 0. The molecule has 0 saturated heterocycles. The van der Waals surface area contributed by atoms with Crippen LogP contribution in [0.25, 0.3) is 0 Å². The Bertz CT molecular complexity index is 61.0. The smallest absolute Gasteiger partial charge is 0.161 e. The summed E-state index contributed by atoms with van der Waals surface area (Å²) in [5.74, 6) is 0.793. The highest BCUT2D eigenvalue weighted by atomic mass is 28.2. The average molecular weight is 147 g/mol. The van der Waals surface area contributed by atoms with E-state index in [4.69, 9.17) is 4.43 Å². The zero-order valence-electron chi connectivity index (χ0n) is 6.61. The molecule has 3 heteroatoms. The number of hydrogen-bond donors (Lipinski definition) is 1. The lowest BCUT2D eigenvalue weighted by Gasteiger charge is -2.07. The Morgan fingerprint density at radius 2 is 2.33 bits per heavy atom. The second-order valence-corrected chi connectivity index (χ2v) is 4.01. The van der Waals surface area contributed by atoms with Gasteiger partial charge in [0.25, 0.3) is 0 Å². The van der Waals surface area contributed by atoms with Crippen LogP contribution in [-0.2, 0) is 4.43 Å². The fourth-order valence-electron chi connectivity index (χ4n) is 0.770. The summed E-state index contributed by atoms with van der Waals surface area (Å²) >= 11 is 0. The standard InChI is InChI=1S/C6H17NOSi/c1-6(4-7-2)5-9-8-3/h6-7H,4-5,9H2,1-3H3. The van der Waals surface area contributed by atoms with E-state index in [0.29, 0.717) is 0 Å². The van der Waals surface area contributed by atoms with E-state index in [1.165, 1.54) is 6.04 Å². The van der Waals surface area contributed by atoms with Gasteiger partial charge in [-0.15, -0.1) is 0 Å². The van der Waals surface area contributed by atoms with E-state index < -0.39 is 0 Å². The second kappa shape index (κ2) is 6.26. The van der Waals surface area contributed by atoms with Crippen LogP contribution in [0, 0.1) is 5.92 Å². The first-order valence-electron chi connectivity index (χ1n) is 3.44. The van der Waals surface area contributed by atoms with E-state index in [9.17, 15) is 0 Å². The van der Waals surface area contributed by atoms with Gasteiger partial charge in [-0.3, -0.25) is 0 Å². The summed E-state index contributed by atoms with van der Waals surface area (Å²) in [5, 5.41) is 3.14. The van der Waals surface area contributed by atoms with Crippen LogP contribution < -0.4 is 5.32 Å². The van der Waals surface area contributed by atoms with E-state index >= 15 is 0 Å². The van der Waals surface area contributed by atoms with E-state index in [1.54, 1.807) is 7.11 Å². The quantitative estimate of drug-likeness (QED) is 0.552. The molecule has 0 fully saturated rings. The predicted octanol–water partition coefficient (Wildman–Crippen LogP) is -0.00960. The van der Waals surface area contributed by atoms with Gasteiger partial charge in [0.05, 0.1) is 0 Å². The molecule has 1 atom stereocenters. The lowest BCUT2D eigenvalue weighted by Crippen LogP contribution is -2.17. The lowest BCUT2D eigenvalue weighted by atomic mass is 10.2. The Kier molecular flexibility index (Phi) is 6.35. The normalized spacial score (nSPS) is 15.0. The van der Waals surface area contributed by atoms with Crippen molar-refractivity contribution >= 4 is 9.76 Å². The molecule has 1 N–H and O–H groups in total. The highest BCUT2D eigenvalue weighted by Crippen LogP contribution is 1.98. The molecule has 0 aromatic rings. The van der Waals surface area contributed by atoms with Crippen LogP contribution in [0.5, 0.6) is 0 Å². The molecule has 0 rings (SSSR count). The molecule has 0 aliphatic heterocycles. The number of nitrogens with one attached hydrogen (secondary N) is 1. The third kappa shape index (κ3) is 6.02. The molecular formula is C6H17NOSi. The zero-order chi connectivity index (χ0) is 7.11. The summed E-state index contributed by atoms with van der Waals surface area (Å²) in [4.78, 5) is 0. The minimum absolute atomic E-state index is 0.186. The molecule has 56 valence electrons. The first-order chi connectivity index (χ1) is 4.31. The van der Waals surface area contributed by atoms with Crippen molar-refractivity contribution in [2.75, 3.05) is 20.7 Å². The Labute approximate surface area is 59.9 Å². The van der Waals surface area contributed by atoms with Crippen LogP contribution >= 0.6 is 0 Å². The van der Waals surface area contributed by atoms with Gasteiger partial charge >= 0.3 is 0 Å². The second-order valence-electron chi connectivity index (χ2n) is 2.44. The van der Waals surface area contributed by atoms with Crippen molar-refractivity contribution in [3.63, 3.8) is 0 Å². The Morgan fingerprint density at radius 1 is 1.67 bits per heavy atom. The van der Waals surface area contributed by atoms with Crippen molar-refractivity contribution in [1.29, 1.82) is 0 Å². The van der Waals surface area contributed by atoms with E-state index in [1.807, 2.05) is 7.05 Å². The maximum absolute atomic E-state index is 5.07. The van der Waals surface area contributed by atoms with Gasteiger partial charge in [-0.25, -0.2) is 0 Å². The fourth-order valence-corrected chi connectivity index (χ4v) is 1.61. The van der Waals surface area contributed by atoms with Gasteiger partial charge in [0.2, 0.25) is 0 Å². The first kappa shape index (κ1) is 9.14. The van der Waals surface area contributed by atoms with Gasteiger partial charge in [-0.05, 0) is 25.6 Å². The minimum atomic E-state index is -0.186. The van der Waals surface area contributed by atoms with Crippen molar-refractivity contribution in [3.05, 3.63) is 0 Å². The topological polar surface area (TPSA) is 21.3 Å². The molecule has 0 heterocycles. The molecule has 2 nitrogen and oxygen atoms in total. The van der Waals surface area contributed by atoms with Crippen LogP contribution in [-0.4, -0.2) is 30.5 Å². The third-order valence-electron chi connectivity index (χ3n) is 1.37. The van der Waals surface area contributed by atoms with Crippen LogP contribution in [0.3, 0.4) is 0 Å². The number of rotatable bonds is 5. The monoisotopic (exact) mass is 147 g/mol. The van der Waals surface area contributed by atoms with Crippen LogP contribution in [0.2, 0.25) is 6.04 Å². The van der Waals surface area contributed by atoms with Gasteiger partial charge in [-0.1, -0.05) is 6.92 Å². The molecule has 1 unspecified atom stereocenters. The average Bonchev–Trinajstić information content (AvgIpc) is 1.85. The maximum Gasteiger partial charge on any atom is 0.161 e. The summed E-state index contributed by atoms with van der Waals surface area (Å²) < 4.78 is 5.07. The van der Waals surface area contributed by atoms with Gasteiger partial charge in [0, 0.05) is 7.11 Å². The Morgan fingerprint density at radius 3 is 2.78 bits per heavy atom. The van der Waals surface area contributed by atoms with Crippen LogP contribution in [0.4, 0.5) is 0 Å². The van der Waals surface area contributed by atoms with Crippen molar-refractivity contribution in [3.8, 4) is 0 Å². The van der Waals surface area contributed by atoms with Gasteiger partial charge in [0.15, 0.2) is 9.76 Å². The fraction of sp³-hybridized carbons (Fsp3) is 1.00. The lowest BCUT2D eigenvalue weighted by molar-refractivity contribution is 0.430. The summed E-state index contributed by atoms with van der Waals surface area (Å²) in [6, 6.07) is 1.29. The molecule has 0 aliphatic rings. The Hall–Kier alpha value is 0.137. The first-order valence-corrected chi connectivity index (χ1v) is 5.02. The van der Waals surface area contributed by atoms with Crippen LogP contribution in [0.15, 0.2) is 0 Å². The number of hydrogen-bond acceptors (Lipinski definition) is 2. The highest BCUT2D eigenvalue weighted by molar-refractivity contribution is 6.27. The molecule has 0 spiro atoms. The minimum Gasteiger partial charge on any atom is -0.427 e. The van der Waals surface area contributed by atoms with E-state index in [0.717, 1.165) is 12.5 Å². The molecule has 0 amide bonds. The van der Waals surface area contributed by atoms with Crippen molar-refractivity contribution < 1.29 is 4.43 Å². The SMILES string of the molecule is CNCC(C)C[SiH2]OC. The third-order valence-corrected chi connectivity index (χ3v) is 3.00. The predicted molar refractivity (Wildman–Crippen MR) is 43.5 cm³/mol. The van der Waals surface area contributed by atoms with Gasteiger partial charge < -0.3 is 9.74 Å². The van der Waals surface area contributed by atoms with E-state index in [2.05, 4.69) is 12.2 Å². The van der Waals surface area contributed by atoms with Gasteiger partial charge in [0.1, 0.15) is 0 Å². The largest absolute Gasteiger partial charge is 0.427 e. The summed E-state index contributed by atoms with van der Waals surface area (Å²) in [6.45, 7) is 3.37. The molecule has 0 radical (unpaired) electrons. The van der Waals surface area contributed by atoms with Crippen molar-refractivity contribution in [2.45, 2.75) is 13.0 Å². The highest BCUT2D eigenvalue weighted by Gasteiger charge is 1.98. The Balaban J connectivity index is 2.95. The summed E-state index contributed by atoms with van der Waals surface area (Å²) in [6.07, 6.45) is 0. The summed E-state index contributed by atoms with van der Waals surface area (Å²) in [7, 11) is 3.61. The van der Waals surface area contributed by atoms with Crippen molar-refractivity contribution in [1.82, 2.24) is 5.32 Å². The molecule has 0 aromatic carbocycles. The molecule has 9 heavy (non-hydrogen) atoms. The molecule has 0 bridgehead atoms. The van der Waals surface area contributed by atoms with Crippen LogP contribution in [0.1, 0.15) is 6.92 Å².